The van der Waals surface area contributed by atoms with Crippen molar-refractivity contribution in [1.82, 2.24) is 24.8 Å². The number of unbranched alkanes of at least 4 members (excludes halogenated alkanes) is 1. The van der Waals surface area contributed by atoms with Crippen LogP contribution in [0.3, 0.4) is 0 Å². The third-order valence-electron chi connectivity index (χ3n) is 7.95. The van der Waals surface area contributed by atoms with Crippen molar-refractivity contribution in [3.05, 3.63) is 75.7 Å². The zero-order valence-corrected chi connectivity index (χ0v) is 24.7. The van der Waals surface area contributed by atoms with Gasteiger partial charge in [-0.25, -0.2) is 4.79 Å². The van der Waals surface area contributed by atoms with Crippen LogP contribution in [-0.4, -0.2) is 56.8 Å². The van der Waals surface area contributed by atoms with Gasteiger partial charge in [0.1, 0.15) is 5.52 Å². The summed E-state index contributed by atoms with van der Waals surface area (Å²) in [5.41, 5.74) is 11.0. The van der Waals surface area contributed by atoms with Crippen molar-refractivity contribution in [2.45, 2.75) is 64.5 Å². The molecule has 2 aromatic carbocycles. The summed E-state index contributed by atoms with van der Waals surface area (Å²) in [5, 5.41) is 12.8. The van der Waals surface area contributed by atoms with Crippen molar-refractivity contribution < 1.29 is 14.6 Å². The maximum absolute atomic E-state index is 13.0. The van der Waals surface area contributed by atoms with Gasteiger partial charge in [0, 0.05) is 25.3 Å². The van der Waals surface area contributed by atoms with Gasteiger partial charge in [0.2, 0.25) is 0 Å². The Labute approximate surface area is 251 Å². The molecular weight excluding hydrogens is 546 g/mol. The van der Waals surface area contributed by atoms with Gasteiger partial charge < -0.3 is 30.8 Å². The molecule has 5 rings (SSSR count). The topological polar surface area (TPSA) is 151 Å². The number of nitrogens with two attached hydrogens (primary N) is 1. The molecule has 0 bridgehead atoms. The van der Waals surface area contributed by atoms with E-state index in [-0.39, 0.29) is 23.9 Å². The van der Waals surface area contributed by atoms with E-state index in [2.05, 4.69) is 56.4 Å². The normalized spacial score (nSPS) is 13.8. The summed E-state index contributed by atoms with van der Waals surface area (Å²) in [6, 6.07) is 16.5. The van der Waals surface area contributed by atoms with E-state index >= 15 is 0 Å². The van der Waals surface area contributed by atoms with E-state index in [4.69, 9.17) is 10.5 Å². The van der Waals surface area contributed by atoms with Crippen LogP contribution in [0, 0.1) is 0 Å². The number of hydrogen-bond acceptors (Lipinski definition) is 8. The monoisotopic (exact) mass is 587 g/mol. The molecule has 0 atom stereocenters. The highest BCUT2D eigenvalue weighted by atomic mass is 16.5. The van der Waals surface area contributed by atoms with Crippen LogP contribution < -0.4 is 26.4 Å². The lowest BCUT2D eigenvalue weighted by Crippen LogP contribution is -2.30. The number of carbonyl (C=O) groups is 1. The first-order valence-corrected chi connectivity index (χ1v) is 15.2. The molecule has 11 nitrogen and oxygen atoms in total. The summed E-state index contributed by atoms with van der Waals surface area (Å²) in [5.74, 6) is -0.204. The van der Waals surface area contributed by atoms with E-state index in [9.17, 15) is 14.7 Å². The van der Waals surface area contributed by atoms with E-state index in [1.807, 2.05) is 24.3 Å². The smallest absolute Gasteiger partial charge is 0.327 e. The van der Waals surface area contributed by atoms with Crippen LogP contribution in [0.15, 0.2) is 53.3 Å². The minimum Gasteiger partial charge on any atom is -0.481 e. The van der Waals surface area contributed by atoms with Gasteiger partial charge in [-0.1, -0.05) is 55.8 Å². The highest BCUT2D eigenvalue weighted by Crippen LogP contribution is 2.34. The largest absolute Gasteiger partial charge is 0.481 e. The Morgan fingerprint density at radius 1 is 1.12 bits per heavy atom. The number of aliphatic carboxylic acids is 1. The zero-order valence-electron chi connectivity index (χ0n) is 24.7. The molecule has 1 saturated heterocycles. The Hall–Kier alpha value is -4.38. The Morgan fingerprint density at radius 2 is 1.91 bits per heavy atom. The molecule has 0 spiro atoms. The predicted octanol–water partition coefficient (Wildman–Crippen LogP) is 4.07. The molecule has 1 aliphatic heterocycles. The van der Waals surface area contributed by atoms with Gasteiger partial charge >= 0.3 is 17.7 Å². The van der Waals surface area contributed by atoms with Crippen molar-refractivity contribution in [3.8, 4) is 6.01 Å². The summed E-state index contributed by atoms with van der Waals surface area (Å²) in [7, 11) is 0. The molecule has 4 aromatic rings. The molecule has 0 aliphatic carbocycles. The van der Waals surface area contributed by atoms with Crippen LogP contribution in [0.2, 0.25) is 0 Å². The molecule has 3 heterocycles. The number of hydrogen-bond donors (Lipinski definition) is 4. The van der Waals surface area contributed by atoms with Gasteiger partial charge in [0.15, 0.2) is 11.5 Å². The van der Waals surface area contributed by atoms with E-state index in [0.29, 0.717) is 49.7 Å². The van der Waals surface area contributed by atoms with Gasteiger partial charge in [-0.3, -0.25) is 9.36 Å². The van der Waals surface area contributed by atoms with E-state index in [0.717, 1.165) is 49.9 Å². The molecule has 0 amide bonds. The summed E-state index contributed by atoms with van der Waals surface area (Å²) < 4.78 is 7.29. The highest BCUT2D eigenvalue weighted by Gasteiger charge is 2.22. The second kappa shape index (κ2) is 14.2. The molecule has 5 N–H and O–H groups in total. The van der Waals surface area contributed by atoms with Gasteiger partial charge in [-0.15, -0.1) is 0 Å². The third kappa shape index (κ3) is 7.53. The molecule has 43 heavy (non-hydrogen) atoms. The Bertz CT molecular complexity index is 1590. The number of aromatic amines is 1. The molecule has 2 aromatic heterocycles. The van der Waals surface area contributed by atoms with Gasteiger partial charge in [0.25, 0.3) is 0 Å². The maximum Gasteiger partial charge on any atom is 0.327 e. The average molecular weight is 588 g/mol. The molecule has 0 saturated carbocycles. The maximum atomic E-state index is 13.0. The molecule has 0 unspecified atom stereocenters. The molecule has 0 radical (unpaired) electrons. The number of benzene rings is 2. The molecular formula is C32H41N7O4. The number of carboxylic acids is 1. The number of H-pyrrole nitrogens is 1. The Kier molecular flexibility index (Phi) is 9.93. The molecule has 1 aliphatic rings. The van der Waals surface area contributed by atoms with Gasteiger partial charge in [-0.05, 0) is 67.4 Å². The number of ether oxygens (including phenoxy) is 1. The van der Waals surface area contributed by atoms with E-state index in [1.54, 1.807) is 4.57 Å². The lowest BCUT2D eigenvalue weighted by molar-refractivity contribution is -0.136. The van der Waals surface area contributed by atoms with E-state index in [1.165, 1.54) is 11.3 Å². The second-order valence-electron chi connectivity index (χ2n) is 11.1. The van der Waals surface area contributed by atoms with Gasteiger partial charge in [-0.2, -0.15) is 9.97 Å². The van der Waals surface area contributed by atoms with Crippen molar-refractivity contribution in [1.29, 1.82) is 0 Å². The first-order chi connectivity index (χ1) is 20.9. The van der Waals surface area contributed by atoms with Crippen LogP contribution >= 0.6 is 0 Å². The Morgan fingerprint density at radius 3 is 2.70 bits per heavy atom. The SMILES string of the molecule is CCCCOc1nc(N)c2[nH]c(=O)n(CCCN(Cc3cccc(CC(=O)O)c3)c3ccccc3C3CCNCC3)c2n1. The number of carboxylic acid groups (broad SMARTS) is 1. The lowest BCUT2D eigenvalue weighted by atomic mass is 9.88. The lowest BCUT2D eigenvalue weighted by Gasteiger charge is -2.32. The number of rotatable bonds is 14. The summed E-state index contributed by atoms with van der Waals surface area (Å²) in [6.45, 7) is 6.26. The van der Waals surface area contributed by atoms with E-state index < -0.39 is 5.97 Å². The number of anilines is 2. The number of para-hydroxylation sites is 1. The number of nitrogens with zero attached hydrogens (tertiary/aromatic N) is 4. The van der Waals surface area contributed by atoms with Crippen LogP contribution in [0.5, 0.6) is 6.01 Å². The van der Waals surface area contributed by atoms with Crippen molar-refractivity contribution in [2.75, 3.05) is 36.9 Å². The van der Waals surface area contributed by atoms with Crippen LogP contribution in [0.4, 0.5) is 11.5 Å². The average Bonchev–Trinajstić information content (AvgIpc) is 3.32. The number of nitrogen functional groups attached to an aromatic ring is 1. The number of aryl methyl sites for hydroxylation is 1. The quantitative estimate of drug-likeness (QED) is 0.160. The summed E-state index contributed by atoms with van der Waals surface area (Å²) in [6.07, 6.45) is 4.65. The fraction of sp³-hybridized carbons (Fsp3) is 0.438. The minimum absolute atomic E-state index is 0.0158. The third-order valence-corrected chi connectivity index (χ3v) is 7.95. The molecule has 11 heteroatoms. The predicted molar refractivity (Wildman–Crippen MR) is 168 cm³/mol. The summed E-state index contributed by atoms with van der Waals surface area (Å²) >= 11 is 0. The van der Waals surface area contributed by atoms with Crippen molar-refractivity contribution in [3.63, 3.8) is 0 Å². The molecule has 1 fully saturated rings. The second-order valence-corrected chi connectivity index (χ2v) is 11.1. The fourth-order valence-corrected chi connectivity index (χ4v) is 5.80. The number of nitrogens with one attached hydrogen (secondary N) is 2. The highest BCUT2D eigenvalue weighted by molar-refractivity contribution is 5.81. The first-order valence-electron chi connectivity index (χ1n) is 15.2. The minimum atomic E-state index is -0.849. The number of piperidine rings is 1. The van der Waals surface area contributed by atoms with Crippen molar-refractivity contribution >= 4 is 28.6 Å². The fourth-order valence-electron chi connectivity index (χ4n) is 5.80. The number of fused-ring (bicyclic) bond motifs is 1. The van der Waals surface area contributed by atoms with Crippen LogP contribution in [0.1, 0.15) is 61.6 Å². The van der Waals surface area contributed by atoms with Gasteiger partial charge in [0.05, 0.1) is 13.0 Å². The van der Waals surface area contributed by atoms with Crippen LogP contribution in [-0.2, 0) is 24.3 Å². The van der Waals surface area contributed by atoms with Crippen LogP contribution in [0.25, 0.3) is 11.2 Å². The zero-order chi connectivity index (χ0) is 30.2. The Balaban J connectivity index is 1.41. The molecule has 228 valence electrons. The standard InChI is InChI=1S/C32H41N7O4/c1-2-3-18-43-31-36-29(33)28-30(37-31)39(32(42)35-28)17-7-16-38(21-23-9-6-8-22(19-23)20-27(40)41)26-11-5-4-10-25(26)24-12-14-34-15-13-24/h4-6,8-11,19,24,34H,2-3,7,12-18,20-21H2,1H3,(H,35,42)(H,40,41)(H2,33,36,37). The number of aromatic nitrogens is 4. The first kappa shape index (κ1) is 30.1. The summed E-state index contributed by atoms with van der Waals surface area (Å²) in [4.78, 5) is 38.2. The number of imidazole rings is 1. The van der Waals surface area contributed by atoms with Crippen molar-refractivity contribution in [2.24, 2.45) is 0 Å².